The first-order valence-corrected chi connectivity index (χ1v) is 8.16. The number of guanidine groups is 2. The van der Waals surface area contributed by atoms with Crippen LogP contribution in [0.5, 0.6) is 0 Å². The largest absolute Gasteiger partial charge is 0.369 e. The van der Waals surface area contributed by atoms with Crippen molar-refractivity contribution >= 4 is 39.2 Å². The Morgan fingerprint density at radius 3 is 2.61 bits per heavy atom. The van der Waals surface area contributed by atoms with Crippen molar-refractivity contribution in [3.8, 4) is 0 Å². The standard InChI is InChI=1S/C14H17BrN6O2/c15-9-4-5-10(11(8-9)21(22)23)20-13(17)18-12(16)19-14(20)6-2-1-3-7-14/h4-5,8H,1-3,6-7H2,(H4,16,17,18,19). The number of nitrogens with zero attached hydrogens (tertiary/aromatic N) is 4. The fourth-order valence-corrected chi connectivity index (χ4v) is 3.65. The molecular weight excluding hydrogens is 364 g/mol. The fraction of sp³-hybridized carbons (Fsp3) is 0.429. The molecule has 122 valence electrons. The second kappa shape index (κ2) is 5.80. The number of hydrogen-bond donors (Lipinski definition) is 2. The van der Waals surface area contributed by atoms with Gasteiger partial charge in [0.25, 0.3) is 5.69 Å². The maximum Gasteiger partial charge on any atom is 0.294 e. The van der Waals surface area contributed by atoms with Crippen LogP contribution in [0.3, 0.4) is 0 Å². The zero-order chi connectivity index (χ0) is 16.6. The van der Waals surface area contributed by atoms with Crippen LogP contribution in [0.25, 0.3) is 0 Å². The summed E-state index contributed by atoms with van der Waals surface area (Å²) >= 11 is 3.27. The van der Waals surface area contributed by atoms with Crippen LogP contribution < -0.4 is 16.4 Å². The molecule has 2 aliphatic rings. The summed E-state index contributed by atoms with van der Waals surface area (Å²) in [7, 11) is 0. The fourth-order valence-electron chi connectivity index (χ4n) is 3.30. The Balaban J connectivity index is 2.16. The molecule has 9 heteroatoms. The quantitative estimate of drug-likeness (QED) is 0.602. The van der Waals surface area contributed by atoms with E-state index in [1.54, 1.807) is 17.0 Å². The van der Waals surface area contributed by atoms with Crippen molar-refractivity contribution in [2.75, 3.05) is 4.90 Å². The monoisotopic (exact) mass is 380 g/mol. The summed E-state index contributed by atoms with van der Waals surface area (Å²) in [6, 6.07) is 4.87. The number of rotatable bonds is 2. The van der Waals surface area contributed by atoms with E-state index in [0.29, 0.717) is 10.2 Å². The molecule has 1 spiro atoms. The third kappa shape index (κ3) is 2.76. The van der Waals surface area contributed by atoms with Crippen molar-refractivity contribution in [1.82, 2.24) is 0 Å². The van der Waals surface area contributed by atoms with Crippen molar-refractivity contribution < 1.29 is 4.92 Å². The number of anilines is 1. The van der Waals surface area contributed by atoms with Crippen molar-refractivity contribution in [3.63, 3.8) is 0 Å². The maximum absolute atomic E-state index is 11.5. The minimum atomic E-state index is -0.688. The SMILES string of the molecule is NC1=NC2(CCCCC2)N(c2ccc(Br)cc2[N+](=O)[O-])C(N)=N1. The molecule has 0 radical (unpaired) electrons. The third-order valence-electron chi connectivity index (χ3n) is 4.23. The Morgan fingerprint density at radius 1 is 1.26 bits per heavy atom. The highest BCUT2D eigenvalue weighted by Gasteiger charge is 2.44. The van der Waals surface area contributed by atoms with E-state index in [0.717, 1.165) is 32.1 Å². The lowest BCUT2D eigenvalue weighted by Crippen LogP contribution is -2.58. The van der Waals surface area contributed by atoms with Gasteiger partial charge in [-0.3, -0.25) is 15.0 Å². The first kappa shape index (κ1) is 15.7. The van der Waals surface area contributed by atoms with E-state index in [1.165, 1.54) is 6.07 Å². The molecule has 0 unspecified atom stereocenters. The number of aliphatic imine (C=N–C) groups is 2. The van der Waals surface area contributed by atoms with Gasteiger partial charge in [0, 0.05) is 10.5 Å². The van der Waals surface area contributed by atoms with Gasteiger partial charge < -0.3 is 11.5 Å². The summed E-state index contributed by atoms with van der Waals surface area (Å²) in [5.41, 5.74) is 11.6. The highest BCUT2D eigenvalue weighted by Crippen LogP contribution is 2.43. The van der Waals surface area contributed by atoms with E-state index in [-0.39, 0.29) is 17.6 Å². The Hall–Kier alpha value is -2.16. The zero-order valence-electron chi connectivity index (χ0n) is 12.4. The van der Waals surface area contributed by atoms with E-state index in [4.69, 9.17) is 11.5 Å². The highest BCUT2D eigenvalue weighted by atomic mass is 79.9. The number of nitro groups is 1. The molecule has 0 atom stereocenters. The van der Waals surface area contributed by atoms with E-state index < -0.39 is 10.6 Å². The van der Waals surface area contributed by atoms with E-state index in [2.05, 4.69) is 25.9 Å². The molecule has 1 aromatic rings. The summed E-state index contributed by atoms with van der Waals surface area (Å²) in [5.74, 6) is 0.269. The molecule has 1 heterocycles. The lowest BCUT2D eigenvalue weighted by atomic mass is 9.87. The first-order chi connectivity index (χ1) is 10.9. The Labute approximate surface area is 141 Å². The molecule has 1 aliphatic carbocycles. The average Bonchev–Trinajstić information content (AvgIpc) is 2.48. The van der Waals surface area contributed by atoms with Crippen molar-refractivity contribution in [2.24, 2.45) is 21.5 Å². The summed E-state index contributed by atoms with van der Waals surface area (Å²) in [6.45, 7) is 0. The summed E-state index contributed by atoms with van der Waals surface area (Å²) in [5, 5.41) is 11.5. The summed E-state index contributed by atoms with van der Waals surface area (Å²) in [6.07, 6.45) is 4.49. The number of nitrogens with two attached hydrogens (primary N) is 2. The molecule has 23 heavy (non-hydrogen) atoms. The minimum Gasteiger partial charge on any atom is -0.369 e. The van der Waals surface area contributed by atoms with Crippen molar-refractivity contribution in [2.45, 2.75) is 37.8 Å². The Kier molecular flexibility index (Phi) is 3.97. The minimum absolute atomic E-state index is 0.0434. The summed E-state index contributed by atoms with van der Waals surface area (Å²) in [4.78, 5) is 21.3. The second-order valence-electron chi connectivity index (χ2n) is 5.71. The third-order valence-corrected chi connectivity index (χ3v) is 4.72. The molecule has 1 aliphatic heterocycles. The average molecular weight is 381 g/mol. The molecule has 0 aromatic heterocycles. The van der Waals surface area contributed by atoms with Gasteiger partial charge in [-0.05, 0) is 37.8 Å². The van der Waals surface area contributed by atoms with Crippen LogP contribution in [0.4, 0.5) is 11.4 Å². The van der Waals surface area contributed by atoms with Crippen LogP contribution in [0.2, 0.25) is 0 Å². The van der Waals surface area contributed by atoms with Crippen LogP contribution in [0.15, 0.2) is 32.7 Å². The van der Waals surface area contributed by atoms with Crippen LogP contribution in [0.1, 0.15) is 32.1 Å². The van der Waals surface area contributed by atoms with Gasteiger partial charge >= 0.3 is 0 Å². The molecule has 4 N–H and O–H groups in total. The van der Waals surface area contributed by atoms with Gasteiger partial charge in [-0.25, -0.2) is 4.99 Å². The van der Waals surface area contributed by atoms with Crippen LogP contribution in [-0.4, -0.2) is 22.5 Å². The predicted octanol–water partition coefficient (Wildman–Crippen LogP) is 2.47. The number of hydrogen-bond acceptors (Lipinski definition) is 7. The van der Waals surface area contributed by atoms with Gasteiger partial charge in [0.2, 0.25) is 11.9 Å². The molecule has 0 amide bonds. The van der Waals surface area contributed by atoms with Gasteiger partial charge in [-0.15, -0.1) is 0 Å². The number of benzene rings is 1. The molecule has 1 saturated carbocycles. The van der Waals surface area contributed by atoms with Crippen molar-refractivity contribution in [3.05, 3.63) is 32.8 Å². The molecular formula is C14H17BrN6O2. The van der Waals surface area contributed by atoms with Crippen LogP contribution in [-0.2, 0) is 0 Å². The highest BCUT2D eigenvalue weighted by molar-refractivity contribution is 9.10. The maximum atomic E-state index is 11.5. The first-order valence-electron chi connectivity index (χ1n) is 7.37. The molecule has 0 saturated heterocycles. The van der Waals surface area contributed by atoms with Gasteiger partial charge in [0.15, 0.2) is 0 Å². The van der Waals surface area contributed by atoms with E-state index >= 15 is 0 Å². The lowest BCUT2D eigenvalue weighted by molar-refractivity contribution is -0.384. The van der Waals surface area contributed by atoms with Gasteiger partial charge in [0.1, 0.15) is 11.4 Å². The normalized spacial score (nSPS) is 20.1. The van der Waals surface area contributed by atoms with Gasteiger partial charge in [-0.1, -0.05) is 22.4 Å². The van der Waals surface area contributed by atoms with Crippen LogP contribution >= 0.6 is 15.9 Å². The Morgan fingerprint density at radius 2 is 1.96 bits per heavy atom. The van der Waals surface area contributed by atoms with Crippen LogP contribution in [0, 0.1) is 10.1 Å². The molecule has 0 bridgehead atoms. The second-order valence-corrected chi connectivity index (χ2v) is 6.62. The number of halogens is 1. The lowest BCUT2D eigenvalue weighted by Gasteiger charge is -2.45. The van der Waals surface area contributed by atoms with Gasteiger partial charge in [0.05, 0.1) is 4.92 Å². The summed E-state index contributed by atoms with van der Waals surface area (Å²) < 4.78 is 0.626. The number of nitro benzene ring substituents is 1. The predicted molar refractivity (Wildman–Crippen MR) is 92.3 cm³/mol. The molecule has 1 fully saturated rings. The molecule has 1 aromatic carbocycles. The topological polar surface area (TPSA) is 123 Å². The smallest absolute Gasteiger partial charge is 0.294 e. The van der Waals surface area contributed by atoms with Crippen molar-refractivity contribution in [1.29, 1.82) is 0 Å². The molecule has 8 nitrogen and oxygen atoms in total. The van der Waals surface area contributed by atoms with E-state index in [9.17, 15) is 10.1 Å². The molecule has 3 rings (SSSR count). The zero-order valence-corrected chi connectivity index (χ0v) is 14.0. The van der Waals surface area contributed by atoms with Gasteiger partial charge in [-0.2, -0.15) is 4.99 Å². The van der Waals surface area contributed by atoms with E-state index in [1.807, 2.05) is 0 Å². The Bertz CT molecular complexity index is 711.